The highest BCUT2D eigenvalue weighted by atomic mass is 15.1. The van der Waals surface area contributed by atoms with Crippen LogP contribution in [0, 0.1) is 13.8 Å². The first-order valence-corrected chi connectivity index (χ1v) is 9.08. The zero-order valence-electron chi connectivity index (χ0n) is 16.3. The summed E-state index contributed by atoms with van der Waals surface area (Å²) in [6.45, 7) is 14.0. The van der Waals surface area contributed by atoms with Crippen LogP contribution in [0.5, 0.6) is 0 Å². The predicted molar refractivity (Wildman–Crippen MR) is 106 cm³/mol. The third-order valence-corrected chi connectivity index (χ3v) is 5.95. The first kappa shape index (κ1) is 17.1. The van der Waals surface area contributed by atoms with E-state index >= 15 is 0 Å². The van der Waals surface area contributed by atoms with Gasteiger partial charge in [-0.1, -0.05) is 51.5 Å². The molecule has 2 aromatic carbocycles. The quantitative estimate of drug-likeness (QED) is 0.617. The molecule has 0 unspecified atom stereocenters. The van der Waals surface area contributed by atoms with Crippen LogP contribution in [-0.2, 0) is 10.8 Å². The Bertz CT molecular complexity index is 750. The zero-order valence-corrected chi connectivity index (χ0v) is 16.3. The second kappa shape index (κ2) is 5.65. The monoisotopic (exact) mass is 321 g/mol. The molecule has 0 heterocycles. The van der Waals surface area contributed by atoms with Crippen molar-refractivity contribution in [2.75, 3.05) is 11.9 Å². The highest BCUT2D eigenvalue weighted by Crippen LogP contribution is 2.48. The summed E-state index contributed by atoms with van der Waals surface area (Å²) in [7, 11) is 2.18. The number of benzene rings is 2. The molecule has 1 nitrogen and oxygen atoms in total. The van der Waals surface area contributed by atoms with Gasteiger partial charge in [0.05, 0.1) is 0 Å². The van der Waals surface area contributed by atoms with E-state index in [-0.39, 0.29) is 10.8 Å². The molecule has 0 spiro atoms. The second-order valence-electron chi connectivity index (χ2n) is 8.85. The molecule has 0 aromatic heterocycles. The van der Waals surface area contributed by atoms with Gasteiger partial charge in [0.2, 0.25) is 0 Å². The van der Waals surface area contributed by atoms with Gasteiger partial charge in [0, 0.05) is 18.4 Å². The average Bonchev–Trinajstić information content (AvgIpc) is 2.52. The van der Waals surface area contributed by atoms with E-state index in [0.717, 1.165) is 0 Å². The van der Waals surface area contributed by atoms with Gasteiger partial charge in [-0.05, 0) is 72.4 Å². The summed E-state index contributed by atoms with van der Waals surface area (Å²) in [5.41, 5.74) is 8.83. The molecule has 0 saturated heterocycles. The van der Waals surface area contributed by atoms with E-state index < -0.39 is 0 Å². The number of aryl methyl sites for hydroxylation is 2. The van der Waals surface area contributed by atoms with Crippen molar-refractivity contribution in [2.24, 2.45) is 0 Å². The lowest BCUT2D eigenvalue weighted by Crippen LogP contribution is -2.34. The number of hydrogen-bond donors (Lipinski definition) is 0. The molecule has 0 radical (unpaired) electrons. The fraction of sp³-hybridized carbons (Fsp3) is 0.478. The minimum atomic E-state index is 0.251. The molecule has 1 heteroatoms. The van der Waals surface area contributed by atoms with Crippen LogP contribution >= 0.6 is 0 Å². The Kier molecular flexibility index (Phi) is 4.02. The molecule has 1 aliphatic carbocycles. The van der Waals surface area contributed by atoms with Gasteiger partial charge in [-0.25, -0.2) is 0 Å². The van der Waals surface area contributed by atoms with Crippen molar-refractivity contribution in [1.29, 1.82) is 0 Å². The lowest BCUT2D eigenvalue weighted by atomic mass is 9.63. The first-order valence-electron chi connectivity index (χ1n) is 9.08. The highest BCUT2D eigenvalue weighted by Gasteiger charge is 2.37. The Morgan fingerprint density at radius 2 is 1.29 bits per heavy atom. The van der Waals surface area contributed by atoms with E-state index in [9.17, 15) is 0 Å². The van der Waals surface area contributed by atoms with Crippen LogP contribution in [-0.4, -0.2) is 7.05 Å². The van der Waals surface area contributed by atoms with Gasteiger partial charge >= 0.3 is 0 Å². The van der Waals surface area contributed by atoms with Gasteiger partial charge in [-0.2, -0.15) is 0 Å². The summed E-state index contributed by atoms with van der Waals surface area (Å²) < 4.78 is 0. The topological polar surface area (TPSA) is 3.24 Å². The molecule has 24 heavy (non-hydrogen) atoms. The summed E-state index contributed by atoms with van der Waals surface area (Å²) in [4.78, 5) is 2.33. The first-order chi connectivity index (χ1) is 11.1. The number of nitrogens with zero attached hydrogens (tertiary/aromatic N) is 1. The van der Waals surface area contributed by atoms with Crippen molar-refractivity contribution < 1.29 is 0 Å². The van der Waals surface area contributed by atoms with Gasteiger partial charge in [0.25, 0.3) is 0 Å². The molecule has 3 rings (SSSR count). The Morgan fingerprint density at radius 3 is 1.83 bits per heavy atom. The smallest absolute Gasteiger partial charge is 0.0440 e. The van der Waals surface area contributed by atoms with E-state index in [1.54, 1.807) is 0 Å². The van der Waals surface area contributed by atoms with Crippen LogP contribution in [0.3, 0.4) is 0 Å². The van der Waals surface area contributed by atoms with Crippen molar-refractivity contribution in [1.82, 2.24) is 0 Å². The van der Waals surface area contributed by atoms with Crippen molar-refractivity contribution >= 4 is 11.4 Å². The van der Waals surface area contributed by atoms with Crippen LogP contribution < -0.4 is 4.90 Å². The largest absolute Gasteiger partial charge is 0.344 e. The summed E-state index contributed by atoms with van der Waals surface area (Å²) in [5, 5.41) is 0. The molecule has 1 aliphatic rings. The van der Waals surface area contributed by atoms with Crippen molar-refractivity contribution in [3.05, 3.63) is 58.7 Å². The van der Waals surface area contributed by atoms with E-state index in [1.807, 2.05) is 0 Å². The van der Waals surface area contributed by atoms with Crippen LogP contribution in [0.4, 0.5) is 11.4 Å². The predicted octanol–water partition coefficient (Wildman–Crippen LogP) is 6.42. The Balaban J connectivity index is 2.12. The van der Waals surface area contributed by atoms with E-state index in [1.165, 1.54) is 46.5 Å². The van der Waals surface area contributed by atoms with E-state index in [2.05, 4.69) is 89.9 Å². The summed E-state index contributed by atoms with van der Waals surface area (Å²) in [6.07, 6.45) is 2.52. The fourth-order valence-electron chi connectivity index (χ4n) is 3.98. The van der Waals surface area contributed by atoms with Crippen molar-refractivity contribution in [2.45, 2.75) is 65.2 Å². The van der Waals surface area contributed by atoms with Gasteiger partial charge in [-0.3, -0.25) is 0 Å². The lowest BCUT2D eigenvalue weighted by Gasteiger charge is -2.43. The lowest BCUT2D eigenvalue weighted by molar-refractivity contribution is 0.332. The highest BCUT2D eigenvalue weighted by molar-refractivity contribution is 5.68. The van der Waals surface area contributed by atoms with Crippen LogP contribution in [0.25, 0.3) is 0 Å². The molecular formula is C23H31N. The molecule has 0 fully saturated rings. The van der Waals surface area contributed by atoms with Gasteiger partial charge in [0.15, 0.2) is 0 Å². The minimum absolute atomic E-state index is 0.251. The number of fused-ring (bicyclic) bond motifs is 1. The molecule has 128 valence electrons. The maximum atomic E-state index is 2.45. The van der Waals surface area contributed by atoms with Crippen LogP contribution in [0.1, 0.15) is 62.8 Å². The molecule has 0 atom stereocenters. The number of anilines is 2. The fourth-order valence-corrected chi connectivity index (χ4v) is 3.98. The Hall–Kier alpha value is -1.76. The average molecular weight is 322 g/mol. The Morgan fingerprint density at radius 1 is 0.792 bits per heavy atom. The van der Waals surface area contributed by atoms with Gasteiger partial charge in [-0.15, -0.1) is 0 Å². The molecule has 0 bridgehead atoms. The minimum Gasteiger partial charge on any atom is -0.344 e. The summed E-state index contributed by atoms with van der Waals surface area (Å²) in [6, 6.07) is 13.7. The molecular weight excluding hydrogens is 290 g/mol. The molecule has 0 N–H and O–H groups in total. The number of hydrogen-bond acceptors (Lipinski definition) is 1. The third-order valence-electron chi connectivity index (χ3n) is 5.95. The standard InChI is InChI=1S/C23H31N/c1-16-8-10-18(11-9-16)24(7)21-15-20-19(14-17(21)2)22(3,4)12-13-23(20,5)6/h8-11,14-15H,12-13H2,1-7H3. The third kappa shape index (κ3) is 2.85. The van der Waals surface area contributed by atoms with Crippen LogP contribution in [0.15, 0.2) is 36.4 Å². The van der Waals surface area contributed by atoms with Crippen LogP contribution in [0.2, 0.25) is 0 Å². The maximum absolute atomic E-state index is 2.45. The molecule has 0 aliphatic heterocycles. The summed E-state index contributed by atoms with van der Waals surface area (Å²) >= 11 is 0. The maximum Gasteiger partial charge on any atom is 0.0440 e. The number of rotatable bonds is 2. The zero-order chi connectivity index (χ0) is 17.7. The van der Waals surface area contributed by atoms with Crippen molar-refractivity contribution in [3.63, 3.8) is 0 Å². The van der Waals surface area contributed by atoms with Gasteiger partial charge in [0.1, 0.15) is 0 Å². The molecule has 2 aromatic rings. The second-order valence-corrected chi connectivity index (χ2v) is 8.85. The van der Waals surface area contributed by atoms with E-state index in [0.29, 0.717) is 0 Å². The van der Waals surface area contributed by atoms with E-state index in [4.69, 9.17) is 0 Å². The summed E-state index contributed by atoms with van der Waals surface area (Å²) in [5.74, 6) is 0. The SMILES string of the molecule is Cc1ccc(N(C)c2cc3c(cc2C)C(C)(C)CCC3(C)C)cc1. The molecule has 0 amide bonds. The van der Waals surface area contributed by atoms with Crippen molar-refractivity contribution in [3.8, 4) is 0 Å². The normalized spacial score (nSPS) is 18.1. The molecule has 0 saturated carbocycles. The van der Waals surface area contributed by atoms with Gasteiger partial charge < -0.3 is 4.90 Å². The Labute approximate surface area is 147 Å².